The lowest BCUT2D eigenvalue weighted by atomic mass is 9.55. The number of nitrogens with one attached hydrogen (secondary N) is 1. The van der Waals surface area contributed by atoms with E-state index in [0.717, 1.165) is 12.5 Å². The Balaban J connectivity index is 1.51. The van der Waals surface area contributed by atoms with Gasteiger partial charge >= 0.3 is 0 Å². The summed E-state index contributed by atoms with van der Waals surface area (Å²) in [7, 11) is 0. The van der Waals surface area contributed by atoms with E-state index < -0.39 is 0 Å². The largest absolute Gasteiger partial charge is 0.377 e. The van der Waals surface area contributed by atoms with Crippen LogP contribution in [0, 0.1) is 11.3 Å². The normalized spacial score (nSPS) is 38.9. The summed E-state index contributed by atoms with van der Waals surface area (Å²) in [5.41, 5.74) is 0.307. The van der Waals surface area contributed by atoms with Gasteiger partial charge in [-0.2, -0.15) is 0 Å². The lowest BCUT2D eigenvalue weighted by Crippen LogP contribution is -2.70. The van der Waals surface area contributed by atoms with Gasteiger partial charge < -0.3 is 15.0 Å². The van der Waals surface area contributed by atoms with Crippen molar-refractivity contribution in [1.29, 1.82) is 0 Å². The Hall–Kier alpha value is -0.120. The van der Waals surface area contributed by atoms with Crippen molar-refractivity contribution in [3.05, 3.63) is 0 Å². The van der Waals surface area contributed by atoms with E-state index in [-0.39, 0.29) is 0 Å². The van der Waals surface area contributed by atoms with Crippen molar-refractivity contribution >= 4 is 0 Å². The summed E-state index contributed by atoms with van der Waals surface area (Å²) >= 11 is 0. The minimum atomic E-state index is 0.307. The summed E-state index contributed by atoms with van der Waals surface area (Å²) in [5, 5.41) is 3.93. The minimum Gasteiger partial charge on any atom is -0.377 e. The van der Waals surface area contributed by atoms with Gasteiger partial charge in [0.05, 0.1) is 6.10 Å². The summed E-state index contributed by atoms with van der Waals surface area (Å²) in [6.45, 7) is 11.9. The molecule has 3 heteroatoms. The Morgan fingerprint density at radius 1 is 1.20 bits per heavy atom. The van der Waals surface area contributed by atoms with Crippen LogP contribution in [0.5, 0.6) is 0 Å². The average Bonchev–Trinajstić information content (AvgIpc) is 2.46. The Labute approximate surface area is 124 Å². The van der Waals surface area contributed by atoms with E-state index in [4.69, 9.17) is 4.74 Å². The molecule has 0 aromatic heterocycles. The van der Waals surface area contributed by atoms with Gasteiger partial charge in [-0.05, 0) is 45.7 Å². The smallest absolute Gasteiger partial charge is 0.0684 e. The van der Waals surface area contributed by atoms with E-state index in [1.807, 2.05) is 0 Å². The molecule has 0 aromatic rings. The SMILES string of the molecule is CC(CN1CCCCC1)NC1C2CCCOC2C1(C)C. The van der Waals surface area contributed by atoms with E-state index in [0.29, 0.717) is 23.6 Å². The molecule has 2 aliphatic heterocycles. The highest BCUT2D eigenvalue weighted by Gasteiger charge is 2.57. The van der Waals surface area contributed by atoms with Crippen LogP contribution in [-0.2, 0) is 4.74 Å². The highest BCUT2D eigenvalue weighted by Crippen LogP contribution is 2.51. The summed E-state index contributed by atoms with van der Waals surface area (Å²) < 4.78 is 6.00. The number of rotatable bonds is 4. The molecule has 1 N–H and O–H groups in total. The van der Waals surface area contributed by atoms with Gasteiger partial charge in [0.1, 0.15) is 0 Å². The highest BCUT2D eigenvalue weighted by molar-refractivity contribution is 5.10. The summed E-state index contributed by atoms with van der Waals surface area (Å²) in [5.74, 6) is 0.752. The second-order valence-electron chi connectivity index (χ2n) is 7.83. The van der Waals surface area contributed by atoms with E-state index in [1.54, 1.807) is 0 Å². The van der Waals surface area contributed by atoms with Crippen molar-refractivity contribution in [1.82, 2.24) is 10.2 Å². The molecule has 3 nitrogen and oxygen atoms in total. The van der Waals surface area contributed by atoms with Crippen LogP contribution in [0.15, 0.2) is 0 Å². The van der Waals surface area contributed by atoms with Crippen LogP contribution in [0.2, 0.25) is 0 Å². The van der Waals surface area contributed by atoms with E-state index >= 15 is 0 Å². The predicted molar refractivity (Wildman–Crippen MR) is 82.9 cm³/mol. The zero-order valence-electron chi connectivity index (χ0n) is 13.5. The number of hydrogen-bond donors (Lipinski definition) is 1. The van der Waals surface area contributed by atoms with Crippen molar-refractivity contribution in [3.8, 4) is 0 Å². The van der Waals surface area contributed by atoms with Gasteiger partial charge in [-0.3, -0.25) is 0 Å². The maximum atomic E-state index is 6.00. The third kappa shape index (κ3) is 2.77. The number of hydrogen-bond acceptors (Lipinski definition) is 3. The monoisotopic (exact) mass is 280 g/mol. The molecule has 20 heavy (non-hydrogen) atoms. The number of fused-ring (bicyclic) bond motifs is 1. The maximum absolute atomic E-state index is 6.00. The first-order valence-corrected chi connectivity index (χ1v) is 8.69. The molecule has 2 saturated heterocycles. The Bertz CT molecular complexity index is 325. The minimum absolute atomic E-state index is 0.307. The lowest BCUT2D eigenvalue weighted by Gasteiger charge is -2.60. The van der Waals surface area contributed by atoms with Crippen molar-refractivity contribution in [2.45, 2.75) is 71.1 Å². The van der Waals surface area contributed by atoms with Crippen molar-refractivity contribution in [2.24, 2.45) is 11.3 Å². The molecular formula is C17H32N2O. The average molecular weight is 280 g/mol. The maximum Gasteiger partial charge on any atom is 0.0684 e. The number of piperidine rings is 1. The van der Waals surface area contributed by atoms with Crippen LogP contribution in [0.1, 0.15) is 52.9 Å². The molecule has 116 valence electrons. The van der Waals surface area contributed by atoms with Gasteiger partial charge in [0.2, 0.25) is 0 Å². The lowest BCUT2D eigenvalue weighted by molar-refractivity contribution is -0.194. The van der Waals surface area contributed by atoms with Crippen LogP contribution in [0.25, 0.3) is 0 Å². The van der Waals surface area contributed by atoms with Crippen molar-refractivity contribution < 1.29 is 4.74 Å². The fourth-order valence-electron chi connectivity index (χ4n) is 4.75. The van der Waals surface area contributed by atoms with Crippen molar-refractivity contribution in [3.63, 3.8) is 0 Å². The summed E-state index contributed by atoms with van der Waals surface area (Å²) in [6, 6.07) is 1.24. The molecule has 3 aliphatic rings. The molecule has 0 amide bonds. The molecule has 4 unspecified atom stereocenters. The quantitative estimate of drug-likeness (QED) is 0.857. The molecule has 3 rings (SSSR count). The van der Waals surface area contributed by atoms with Gasteiger partial charge in [0, 0.05) is 36.6 Å². The predicted octanol–water partition coefficient (Wildman–Crippen LogP) is 2.65. The third-order valence-electron chi connectivity index (χ3n) is 5.78. The molecule has 0 spiro atoms. The van der Waals surface area contributed by atoms with Crippen molar-refractivity contribution in [2.75, 3.05) is 26.2 Å². The molecule has 1 saturated carbocycles. The second-order valence-corrected chi connectivity index (χ2v) is 7.83. The van der Waals surface area contributed by atoms with Crippen LogP contribution in [-0.4, -0.2) is 49.3 Å². The summed E-state index contributed by atoms with van der Waals surface area (Å²) in [6.07, 6.45) is 7.30. The zero-order chi connectivity index (χ0) is 14.2. The fraction of sp³-hybridized carbons (Fsp3) is 1.00. The number of likely N-dealkylation sites (tertiary alicyclic amines) is 1. The molecule has 0 radical (unpaired) electrons. The zero-order valence-corrected chi connectivity index (χ0v) is 13.5. The van der Waals surface area contributed by atoms with Gasteiger partial charge in [-0.1, -0.05) is 20.3 Å². The van der Waals surface area contributed by atoms with Crippen LogP contribution >= 0.6 is 0 Å². The Kier molecular flexibility index (Phi) is 4.40. The standard InChI is InChI=1S/C17H32N2O/c1-13(12-19-9-5-4-6-10-19)18-15-14-8-7-11-20-16(14)17(15,2)3/h13-16,18H,4-12H2,1-3H3. The van der Waals surface area contributed by atoms with Gasteiger partial charge in [-0.25, -0.2) is 0 Å². The molecule has 1 aliphatic carbocycles. The second kappa shape index (κ2) is 5.94. The Morgan fingerprint density at radius 2 is 1.95 bits per heavy atom. The first-order chi connectivity index (χ1) is 9.59. The van der Waals surface area contributed by atoms with Gasteiger partial charge in [0.15, 0.2) is 0 Å². The van der Waals surface area contributed by atoms with E-state index in [2.05, 4.69) is 31.0 Å². The van der Waals surface area contributed by atoms with Gasteiger partial charge in [0.25, 0.3) is 0 Å². The number of ether oxygens (including phenoxy) is 1. The van der Waals surface area contributed by atoms with E-state index in [9.17, 15) is 0 Å². The van der Waals surface area contributed by atoms with Crippen LogP contribution in [0.3, 0.4) is 0 Å². The van der Waals surface area contributed by atoms with E-state index in [1.165, 1.54) is 51.7 Å². The molecule has 2 heterocycles. The topological polar surface area (TPSA) is 24.5 Å². The molecule has 0 bridgehead atoms. The van der Waals surface area contributed by atoms with Crippen LogP contribution < -0.4 is 5.32 Å². The summed E-state index contributed by atoms with van der Waals surface area (Å²) in [4.78, 5) is 2.64. The molecule has 4 atom stereocenters. The Morgan fingerprint density at radius 3 is 2.70 bits per heavy atom. The van der Waals surface area contributed by atoms with Gasteiger partial charge in [-0.15, -0.1) is 0 Å². The molecule has 3 fully saturated rings. The number of nitrogens with zero attached hydrogens (tertiary/aromatic N) is 1. The third-order valence-corrected chi connectivity index (χ3v) is 5.78. The molecule has 0 aromatic carbocycles. The first kappa shape index (κ1) is 14.8. The molecular weight excluding hydrogens is 248 g/mol. The highest BCUT2D eigenvalue weighted by atomic mass is 16.5. The van der Waals surface area contributed by atoms with Crippen LogP contribution in [0.4, 0.5) is 0 Å². The first-order valence-electron chi connectivity index (χ1n) is 8.69. The fourth-order valence-corrected chi connectivity index (χ4v) is 4.75.